The molecule has 0 atom stereocenters. The van der Waals surface area contributed by atoms with E-state index in [1.165, 1.54) is 18.3 Å². The first kappa shape index (κ1) is 22.9. The molecule has 13 heteroatoms. The van der Waals surface area contributed by atoms with E-state index >= 15 is 0 Å². The molecule has 1 aromatic carbocycles. The molecule has 0 amide bonds. The SMILES string of the molecule is O=c1[nH]c(=O)n(-c2ccc(N3CCNCC3)c(C(F)(F)F)c2)c2c1cnc1ccc(-c3cn[nH]c3)nc12. The van der Waals surface area contributed by atoms with Gasteiger partial charge in [0.2, 0.25) is 0 Å². The lowest BCUT2D eigenvalue weighted by atomic mass is 10.1. The normalized spacial score (nSPS) is 14.5. The number of aromatic amines is 2. The lowest BCUT2D eigenvalue weighted by Gasteiger charge is -2.31. The van der Waals surface area contributed by atoms with Gasteiger partial charge >= 0.3 is 11.9 Å². The Labute approximate surface area is 205 Å². The van der Waals surface area contributed by atoms with Gasteiger partial charge in [-0.15, -0.1) is 0 Å². The molecule has 3 N–H and O–H groups in total. The Balaban J connectivity index is 1.65. The standard InChI is InChI=1S/C24H19F3N8O2/c25-24(26,27)16-9-14(1-4-19(16)34-7-5-28-6-8-34)35-21-15(22(36)33-23(35)37)12-29-18-3-2-17(32-20(18)21)13-10-30-31-11-13/h1-4,9-12,28H,5-8H2,(H,30,31)(H,33,36,37). The summed E-state index contributed by atoms with van der Waals surface area (Å²) in [6.07, 6.45) is -0.215. The minimum absolute atomic E-state index is 0.0173. The Morgan fingerprint density at radius 1 is 1.00 bits per heavy atom. The summed E-state index contributed by atoms with van der Waals surface area (Å²) < 4.78 is 43.7. The second-order valence-corrected chi connectivity index (χ2v) is 8.60. The number of nitrogens with zero attached hydrogens (tertiary/aromatic N) is 5. The number of benzene rings is 1. The lowest BCUT2D eigenvalue weighted by Crippen LogP contribution is -2.44. The van der Waals surface area contributed by atoms with E-state index in [9.17, 15) is 22.8 Å². The number of nitrogens with one attached hydrogen (secondary N) is 3. The summed E-state index contributed by atoms with van der Waals surface area (Å²) in [5.74, 6) is 0. The second-order valence-electron chi connectivity index (χ2n) is 8.60. The maximum absolute atomic E-state index is 14.2. The van der Waals surface area contributed by atoms with Gasteiger partial charge in [-0.3, -0.25) is 24.4 Å². The average molecular weight is 508 g/mol. The van der Waals surface area contributed by atoms with Crippen molar-refractivity contribution >= 4 is 27.6 Å². The first-order valence-corrected chi connectivity index (χ1v) is 11.4. The molecule has 37 heavy (non-hydrogen) atoms. The zero-order chi connectivity index (χ0) is 25.7. The van der Waals surface area contributed by atoms with E-state index in [-0.39, 0.29) is 27.8 Å². The van der Waals surface area contributed by atoms with Gasteiger partial charge in [0, 0.05) is 49.8 Å². The van der Waals surface area contributed by atoms with Crippen molar-refractivity contribution in [2.24, 2.45) is 0 Å². The minimum atomic E-state index is -4.67. The largest absolute Gasteiger partial charge is 0.418 e. The highest BCUT2D eigenvalue weighted by Crippen LogP contribution is 2.38. The molecule has 5 heterocycles. The third kappa shape index (κ3) is 3.93. The number of H-pyrrole nitrogens is 2. The van der Waals surface area contributed by atoms with Crippen LogP contribution in [0, 0.1) is 0 Å². The Kier molecular flexibility index (Phi) is 5.30. The molecular formula is C24H19F3N8O2. The van der Waals surface area contributed by atoms with Crippen molar-refractivity contribution in [3.63, 3.8) is 0 Å². The van der Waals surface area contributed by atoms with Gasteiger partial charge in [-0.25, -0.2) is 9.78 Å². The van der Waals surface area contributed by atoms with Crippen LogP contribution < -0.4 is 21.5 Å². The number of hydrogen-bond acceptors (Lipinski definition) is 7. The summed E-state index contributed by atoms with van der Waals surface area (Å²) in [6.45, 7) is 1.96. The molecule has 5 aromatic rings. The summed E-state index contributed by atoms with van der Waals surface area (Å²) in [5, 5.41) is 9.74. The van der Waals surface area contributed by atoms with Gasteiger partial charge < -0.3 is 10.2 Å². The molecule has 10 nitrogen and oxygen atoms in total. The molecule has 6 rings (SSSR count). The Hall–Kier alpha value is -4.52. The van der Waals surface area contributed by atoms with Gasteiger partial charge in [-0.05, 0) is 30.3 Å². The van der Waals surface area contributed by atoms with Gasteiger partial charge in [-0.1, -0.05) is 0 Å². The predicted octanol–water partition coefficient (Wildman–Crippen LogP) is 2.44. The molecule has 1 saturated heterocycles. The van der Waals surface area contributed by atoms with Crippen LogP contribution >= 0.6 is 0 Å². The quantitative estimate of drug-likeness (QED) is 0.320. The van der Waals surface area contributed by atoms with E-state index in [4.69, 9.17) is 0 Å². The summed E-state index contributed by atoms with van der Waals surface area (Å²) >= 11 is 0. The van der Waals surface area contributed by atoms with Crippen LogP contribution in [0.1, 0.15) is 5.56 Å². The van der Waals surface area contributed by atoms with Crippen LogP contribution in [-0.2, 0) is 6.18 Å². The van der Waals surface area contributed by atoms with Crippen LogP contribution in [-0.4, -0.2) is 55.9 Å². The molecule has 0 aliphatic carbocycles. The highest BCUT2D eigenvalue weighted by atomic mass is 19.4. The van der Waals surface area contributed by atoms with Gasteiger partial charge in [0.1, 0.15) is 5.52 Å². The summed E-state index contributed by atoms with van der Waals surface area (Å²) in [7, 11) is 0. The number of hydrogen-bond donors (Lipinski definition) is 3. The van der Waals surface area contributed by atoms with Gasteiger partial charge in [0.15, 0.2) is 0 Å². The van der Waals surface area contributed by atoms with E-state index < -0.39 is 23.0 Å². The smallest absolute Gasteiger partial charge is 0.368 e. The Morgan fingerprint density at radius 3 is 2.54 bits per heavy atom. The van der Waals surface area contributed by atoms with Crippen molar-refractivity contribution in [3.05, 3.63) is 75.3 Å². The number of rotatable bonds is 3. The second kappa shape index (κ2) is 8.55. The maximum atomic E-state index is 14.2. The number of halogens is 3. The molecule has 0 unspecified atom stereocenters. The topological polar surface area (TPSA) is 125 Å². The van der Waals surface area contributed by atoms with E-state index in [1.54, 1.807) is 29.4 Å². The lowest BCUT2D eigenvalue weighted by molar-refractivity contribution is -0.137. The van der Waals surface area contributed by atoms with Gasteiger partial charge in [0.25, 0.3) is 5.56 Å². The summed E-state index contributed by atoms with van der Waals surface area (Å²) in [5.41, 5.74) is -0.732. The molecule has 4 aromatic heterocycles. The van der Waals surface area contributed by atoms with Gasteiger partial charge in [-0.2, -0.15) is 18.3 Å². The van der Waals surface area contributed by atoms with Crippen LogP contribution in [0.5, 0.6) is 0 Å². The first-order chi connectivity index (χ1) is 17.8. The zero-order valence-electron chi connectivity index (χ0n) is 19.1. The molecule has 0 saturated carbocycles. The maximum Gasteiger partial charge on any atom is 0.418 e. The van der Waals surface area contributed by atoms with E-state index in [2.05, 4.69) is 30.5 Å². The summed E-state index contributed by atoms with van der Waals surface area (Å²) in [4.78, 5) is 38.5. The number of piperazine rings is 1. The van der Waals surface area contributed by atoms with Crippen molar-refractivity contribution in [1.29, 1.82) is 0 Å². The van der Waals surface area contributed by atoms with Crippen molar-refractivity contribution in [1.82, 2.24) is 35.0 Å². The number of anilines is 1. The molecule has 0 bridgehead atoms. The van der Waals surface area contributed by atoms with Crippen LogP contribution in [0.4, 0.5) is 18.9 Å². The van der Waals surface area contributed by atoms with E-state index in [0.717, 1.165) is 10.6 Å². The number of aromatic nitrogens is 6. The zero-order valence-corrected chi connectivity index (χ0v) is 19.1. The molecule has 1 aliphatic rings. The fourth-order valence-corrected chi connectivity index (χ4v) is 4.64. The average Bonchev–Trinajstić information content (AvgIpc) is 3.43. The Morgan fingerprint density at radius 2 is 1.81 bits per heavy atom. The Bertz CT molecular complexity index is 1750. The molecule has 188 valence electrons. The molecule has 1 fully saturated rings. The highest BCUT2D eigenvalue weighted by Gasteiger charge is 2.36. The van der Waals surface area contributed by atoms with E-state index in [1.807, 2.05) is 0 Å². The van der Waals surface area contributed by atoms with Crippen molar-refractivity contribution in [2.45, 2.75) is 6.18 Å². The van der Waals surface area contributed by atoms with Crippen molar-refractivity contribution in [2.75, 3.05) is 31.1 Å². The van der Waals surface area contributed by atoms with Crippen molar-refractivity contribution < 1.29 is 13.2 Å². The molecule has 1 aliphatic heterocycles. The third-order valence-corrected chi connectivity index (χ3v) is 6.37. The third-order valence-electron chi connectivity index (χ3n) is 6.37. The highest BCUT2D eigenvalue weighted by molar-refractivity contribution is 6.01. The fourth-order valence-electron chi connectivity index (χ4n) is 4.64. The number of fused-ring (bicyclic) bond motifs is 3. The minimum Gasteiger partial charge on any atom is -0.368 e. The number of pyridine rings is 2. The van der Waals surface area contributed by atoms with Gasteiger partial charge in [0.05, 0.1) is 39.6 Å². The van der Waals surface area contributed by atoms with E-state index in [0.29, 0.717) is 43.0 Å². The van der Waals surface area contributed by atoms with Crippen LogP contribution in [0.3, 0.4) is 0 Å². The van der Waals surface area contributed by atoms with Crippen LogP contribution in [0.15, 0.2) is 58.5 Å². The molecule has 0 radical (unpaired) electrons. The van der Waals surface area contributed by atoms with Crippen LogP contribution in [0.25, 0.3) is 38.9 Å². The van der Waals surface area contributed by atoms with Crippen molar-refractivity contribution in [3.8, 4) is 16.9 Å². The fraction of sp³-hybridized carbons (Fsp3) is 0.208. The molecular weight excluding hydrogens is 489 g/mol. The van der Waals surface area contributed by atoms with Crippen LogP contribution in [0.2, 0.25) is 0 Å². The first-order valence-electron chi connectivity index (χ1n) is 11.4. The monoisotopic (exact) mass is 508 g/mol. The molecule has 0 spiro atoms. The number of alkyl halides is 3. The predicted molar refractivity (Wildman–Crippen MR) is 131 cm³/mol. The summed E-state index contributed by atoms with van der Waals surface area (Å²) in [6, 6.07) is 7.10.